The number of carboxylic acids is 1. The van der Waals surface area contributed by atoms with Gasteiger partial charge in [0.15, 0.2) is 0 Å². The molecular formula is C13H14Br2F2O2. The number of aryl methyl sites for hydroxylation is 1. The molecule has 1 aromatic carbocycles. The summed E-state index contributed by atoms with van der Waals surface area (Å²) in [7, 11) is 0. The Hall–Kier alpha value is -0.490. The molecule has 1 atom stereocenters. The fourth-order valence-electron chi connectivity index (χ4n) is 1.84. The number of carboxylic acid groups (broad SMARTS) is 1. The molecule has 0 aliphatic carbocycles. The molecule has 19 heavy (non-hydrogen) atoms. The second kappa shape index (κ2) is 6.31. The summed E-state index contributed by atoms with van der Waals surface area (Å²) in [6, 6.07) is 3.00. The monoisotopic (exact) mass is 398 g/mol. The summed E-state index contributed by atoms with van der Waals surface area (Å²) in [6.07, 6.45) is -0.756. The number of hydrogen-bond acceptors (Lipinski definition) is 1. The fraction of sp³-hybridized carbons (Fsp3) is 0.462. The zero-order chi connectivity index (χ0) is 14.8. The standard InChI is InChI=1S/C13H14Br2F2O2/c1-7(3-12(18)19)6-13(16,17)9-5-10(14)8(2)4-11(9)15/h4-5,7H,3,6H2,1-2H3,(H,18,19). The van der Waals surface area contributed by atoms with Crippen LogP contribution in [-0.4, -0.2) is 11.1 Å². The highest BCUT2D eigenvalue weighted by Crippen LogP contribution is 2.41. The lowest BCUT2D eigenvalue weighted by Crippen LogP contribution is -2.20. The Labute approximate surface area is 127 Å². The largest absolute Gasteiger partial charge is 0.481 e. The first-order chi connectivity index (χ1) is 8.63. The lowest BCUT2D eigenvalue weighted by atomic mass is 9.94. The average molecular weight is 400 g/mol. The van der Waals surface area contributed by atoms with Crippen molar-refractivity contribution in [2.45, 2.75) is 32.6 Å². The zero-order valence-electron chi connectivity index (χ0n) is 10.5. The predicted molar refractivity (Wildman–Crippen MR) is 76.5 cm³/mol. The van der Waals surface area contributed by atoms with Crippen LogP contribution in [0, 0.1) is 12.8 Å². The highest BCUT2D eigenvalue weighted by atomic mass is 79.9. The normalized spacial score (nSPS) is 13.4. The summed E-state index contributed by atoms with van der Waals surface area (Å²) >= 11 is 6.37. The topological polar surface area (TPSA) is 37.3 Å². The van der Waals surface area contributed by atoms with Gasteiger partial charge in [-0.2, -0.15) is 0 Å². The first kappa shape index (κ1) is 16.6. The third-order valence-corrected chi connectivity index (χ3v) is 4.28. The molecule has 6 heteroatoms. The van der Waals surface area contributed by atoms with Crippen LogP contribution >= 0.6 is 31.9 Å². The van der Waals surface area contributed by atoms with E-state index in [0.29, 0.717) is 8.95 Å². The molecule has 0 aromatic heterocycles. The Morgan fingerprint density at radius 1 is 1.37 bits per heavy atom. The van der Waals surface area contributed by atoms with E-state index in [-0.39, 0.29) is 12.0 Å². The van der Waals surface area contributed by atoms with Gasteiger partial charge in [-0.25, -0.2) is 8.78 Å². The van der Waals surface area contributed by atoms with E-state index < -0.39 is 24.2 Å². The van der Waals surface area contributed by atoms with Crippen LogP contribution in [0.5, 0.6) is 0 Å². The molecule has 2 nitrogen and oxygen atoms in total. The van der Waals surface area contributed by atoms with Gasteiger partial charge >= 0.3 is 5.97 Å². The van der Waals surface area contributed by atoms with Gasteiger partial charge in [0.2, 0.25) is 0 Å². The quantitative estimate of drug-likeness (QED) is 0.746. The van der Waals surface area contributed by atoms with Gasteiger partial charge in [-0.1, -0.05) is 38.8 Å². The van der Waals surface area contributed by atoms with Crippen LogP contribution < -0.4 is 0 Å². The van der Waals surface area contributed by atoms with Crippen LogP contribution in [0.25, 0.3) is 0 Å². The fourth-order valence-corrected chi connectivity index (χ4v) is 2.94. The summed E-state index contributed by atoms with van der Waals surface area (Å²) in [5.41, 5.74) is 0.729. The van der Waals surface area contributed by atoms with Gasteiger partial charge in [-0.05, 0) is 30.5 Å². The molecule has 1 unspecified atom stereocenters. The van der Waals surface area contributed by atoms with Crippen molar-refractivity contribution in [3.8, 4) is 0 Å². The number of halogens is 4. The van der Waals surface area contributed by atoms with Gasteiger partial charge < -0.3 is 5.11 Å². The first-order valence-electron chi connectivity index (χ1n) is 5.69. The zero-order valence-corrected chi connectivity index (χ0v) is 13.7. The number of hydrogen-bond donors (Lipinski definition) is 1. The number of aliphatic carboxylic acids is 1. The van der Waals surface area contributed by atoms with E-state index in [1.807, 2.05) is 6.92 Å². The SMILES string of the molecule is Cc1cc(Br)c(C(F)(F)CC(C)CC(=O)O)cc1Br. The molecule has 0 bridgehead atoms. The van der Waals surface area contributed by atoms with Gasteiger partial charge in [-0.15, -0.1) is 0 Å². The molecule has 0 spiro atoms. The molecular weight excluding hydrogens is 386 g/mol. The van der Waals surface area contributed by atoms with Gasteiger partial charge in [0.25, 0.3) is 5.92 Å². The van der Waals surface area contributed by atoms with E-state index >= 15 is 0 Å². The first-order valence-corrected chi connectivity index (χ1v) is 7.28. The van der Waals surface area contributed by atoms with E-state index in [1.54, 1.807) is 6.07 Å². The molecule has 0 saturated heterocycles. The third kappa shape index (κ3) is 4.53. The molecule has 1 aromatic rings. The summed E-state index contributed by atoms with van der Waals surface area (Å²) in [5.74, 6) is -4.73. The molecule has 0 heterocycles. The predicted octanol–water partition coefficient (Wildman–Crippen LogP) is 5.11. The Balaban J connectivity index is 2.99. The molecule has 1 N–H and O–H groups in total. The van der Waals surface area contributed by atoms with Crippen molar-refractivity contribution in [1.29, 1.82) is 0 Å². The van der Waals surface area contributed by atoms with Crippen molar-refractivity contribution in [1.82, 2.24) is 0 Å². The third-order valence-electron chi connectivity index (χ3n) is 2.77. The van der Waals surface area contributed by atoms with Gasteiger partial charge in [0.1, 0.15) is 0 Å². The molecule has 1 rings (SSSR count). The maximum Gasteiger partial charge on any atom is 0.303 e. The highest BCUT2D eigenvalue weighted by Gasteiger charge is 2.36. The van der Waals surface area contributed by atoms with Crippen LogP contribution in [0.15, 0.2) is 21.1 Å². The van der Waals surface area contributed by atoms with Crippen LogP contribution in [0.3, 0.4) is 0 Å². The molecule has 0 fully saturated rings. The Morgan fingerprint density at radius 3 is 2.47 bits per heavy atom. The highest BCUT2D eigenvalue weighted by molar-refractivity contribution is 9.11. The second-order valence-electron chi connectivity index (χ2n) is 4.69. The van der Waals surface area contributed by atoms with Crippen LogP contribution in [0.2, 0.25) is 0 Å². The summed E-state index contributed by atoms with van der Waals surface area (Å²) in [4.78, 5) is 10.5. The Morgan fingerprint density at radius 2 is 1.95 bits per heavy atom. The minimum absolute atomic E-state index is 0.123. The molecule has 0 amide bonds. The van der Waals surface area contributed by atoms with Crippen LogP contribution in [-0.2, 0) is 10.7 Å². The number of carbonyl (C=O) groups is 1. The molecule has 106 valence electrons. The van der Waals surface area contributed by atoms with Gasteiger partial charge in [-0.3, -0.25) is 4.79 Å². The van der Waals surface area contributed by atoms with Crippen molar-refractivity contribution in [3.05, 3.63) is 32.2 Å². The van der Waals surface area contributed by atoms with E-state index in [2.05, 4.69) is 31.9 Å². The maximum atomic E-state index is 14.2. The summed E-state index contributed by atoms with van der Waals surface area (Å²) < 4.78 is 29.3. The van der Waals surface area contributed by atoms with Crippen LogP contribution in [0.4, 0.5) is 8.78 Å². The van der Waals surface area contributed by atoms with Crippen molar-refractivity contribution < 1.29 is 18.7 Å². The van der Waals surface area contributed by atoms with Crippen LogP contribution in [0.1, 0.15) is 30.9 Å². The van der Waals surface area contributed by atoms with Gasteiger partial charge in [0, 0.05) is 27.4 Å². The summed E-state index contributed by atoms with van der Waals surface area (Å²) in [5, 5.41) is 8.62. The maximum absolute atomic E-state index is 14.2. The number of benzene rings is 1. The van der Waals surface area contributed by atoms with E-state index in [9.17, 15) is 13.6 Å². The number of alkyl halides is 2. The Bertz CT molecular complexity index is 490. The minimum atomic E-state index is -3.07. The average Bonchev–Trinajstić information content (AvgIpc) is 2.20. The van der Waals surface area contributed by atoms with Crippen molar-refractivity contribution in [3.63, 3.8) is 0 Å². The molecule has 0 aliphatic heterocycles. The van der Waals surface area contributed by atoms with Crippen molar-refractivity contribution in [2.24, 2.45) is 5.92 Å². The van der Waals surface area contributed by atoms with E-state index in [1.165, 1.54) is 13.0 Å². The lowest BCUT2D eigenvalue weighted by Gasteiger charge is -2.22. The smallest absolute Gasteiger partial charge is 0.303 e. The minimum Gasteiger partial charge on any atom is -0.481 e. The molecule has 0 aliphatic rings. The Kier molecular flexibility index (Phi) is 5.50. The second-order valence-corrected chi connectivity index (χ2v) is 6.40. The lowest BCUT2D eigenvalue weighted by molar-refractivity contribution is -0.138. The summed E-state index contributed by atoms with van der Waals surface area (Å²) in [6.45, 7) is 3.32. The van der Waals surface area contributed by atoms with Crippen molar-refractivity contribution in [2.75, 3.05) is 0 Å². The van der Waals surface area contributed by atoms with E-state index in [4.69, 9.17) is 5.11 Å². The molecule has 0 radical (unpaired) electrons. The van der Waals surface area contributed by atoms with E-state index in [0.717, 1.165) is 5.56 Å². The molecule has 0 saturated carbocycles. The van der Waals surface area contributed by atoms with Gasteiger partial charge in [0.05, 0.1) is 0 Å². The number of rotatable bonds is 5. The van der Waals surface area contributed by atoms with Crippen molar-refractivity contribution >= 4 is 37.8 Å².